The van der Waals surface area contributed by atoms with Gasteiger partial charge in [0.25, 0.3) is 11.8 Å². The van der Waals surface area contributed by atoms with Crippen molar-refractivity contribution in [3.05, 3.63) is 21.4 Å². The Labute approximate surface area is 159 Å². The molecule has 6 nitrogen and oxygen atoms in total. The summed E-state index contributed by atoms with van der Waals surface area (Å²) in [6.45, 7) is 5.71. The summed E-state index contributed by atoms with van der Waals surface area (Å²) in [6.07, 6.45) is 7.21. The molecule has 1 aromatic rings. The number of nitrogens with one attached hydrogen (secondary N) is 3. The molecule has 1 heterocycles. The van der Waals surface area contributed by atoms with Gasteiger partial charge in [0.05, 0.1) is 11.4 Å². The van der Waals surface area contributed by atoms with Crippen molar-refractivity contribution in [1.82, 2.24) is 16.2 Å². The van der Waals surface area contributed by atoms with Crippen LogP contribution in [0.1, 0.15) is 73.0 Å². The Morgan fingerprint density at radius 2 is 1.69 bits per heavy atom. The molecule has 0 bridgehead atoms. The molecular weight excluding hydrogens is 350 g/mol. The molecule has 0 atom stereocenters. The zero-order valence-corrected chi connectivity index (χ0v) is 16.7. The topological polar surface area (TPSA) is 87.3 Å². The molecule has 0 unspecified atom stereocenters. The average molecular weight is 380 g/mol. The summed E-state index contributed by atoms with van der Waals surface area (Å²) in [5.74, 6) is -0.941. The summed E-state index contributed by atoms with van der Waals surface area (Å²) in [5.41, 5.74) is 5.92. The number of carbonyl (C=O) groups excluding carboxylic acids is 3. The third-order valence-corrected chi connectivity index (χ3v) is 5.41. The van der Waals surface area contributed by atoms with Gasteiger partial charge >= 0.3 is 0 Å². The number of hydrogen-bond donors (Lipinski definition) is 3. The van der Waals surface area contributed by atoms with Crippen molar-refractivity contribution in [2.75, 3.05) is 6.54 Å². The second-order valence-corrected chi connectivity index (χ2v) is 9.13. The van der Waals surface area contributed by atoms with Gasteiger partial charge in [-0.25, -0.2) is 0 Å². The first-order valence-corrected chi connectivity index (χ1v) is 10.0. The molecule has 2 rings (SSSR count). The molecule has 3 amide bonds. The monoisotopic (exact) mass is 379 g/mol. The van der Waals surface area contributed by atoms with E-state index in [-0.39, 0.29) is 23.8 Å². The van der Waals surface area contributed by atoms with Gasteiger partial charge in [0.1, 0.15) is 0 Å². The maximum absolute atomic E-state index is 12.3. The van der Waals surface area contributed by atoms with Gasteiger partial charge in [0.15, 0.2) is 0 Å². The number of hydrogen-bond acceptors (Lipinski definition) is 4. The van der Waals surface area contributed by atoms with Gasteiger partial charge in [-0.2, -0.15) is 0 Å². The Bertz CT molecular complexity index is 636. The zero-order valence-electron chi connectivity index (χ0n) is 15.9. The highest BCUT2D eigenvalue weighted by molar-refractivity contribution is 7.14. The van der Waals surface area contributed by atoms with Crippen molar-refractivity contribution in [3.63, 3.8) is 0 Å². The number of fused-ring (bicyclic) bond motifs is 1. The fourth-order valence-electron chi connectivity index (χ4n) is 2.91. The van der Waals surface area contributed by atoms with Crippen LogP contribution >= 0.6 is 11.3 Å². The van der Waals surface area contributed by atoms with E-state index in [4.69, 9.17) is 0 Å². The van der Waals surface area contributed by atoms with Crippen molar-refractivity contribution < 1.29 is 14.4 Å². The van der Waals surface area contributed by atoms with Gasteiger partial charge in [-0.3, -0.25) is 25.2 Å². The minimum absolute atomic E-state index is 0.134. The first kappa shape index (κ1) is 20.4. The van der Waals surface area contributed by atoms with Gasteiger partial charge in [0, 0.05) is 11.3 Å². The SMILES string of the molecule is CC(C)(C)CC(=O)NCC(=O)NNC(=O)c1cc2c(s1)CCCCCC2. The Balaban J connectivity index is 1.78. The van der Waals surface area contributed by atoms with E-state index >= 15 is 0 Å². The lowest BCUT2D eigenvalue weighted by Gasteiger charge is -2.17. The predicted molar refractivity (Wildman–Crippen MR) is 103 cm³/mol. The number of hydrazine groups is 1. The quantitative estimate of drug-likeness (QED) is 0.703. The summed E-state index contributed by atoms with van der Waals surface area (Å²) in [4.78, 5) is 37.7. The molecule has 0 spiro atoms. The lowest BCUT2D eigenvalue weighted by molar-refractivity contribution is -0.127. The molecule has 144 valence electrons. The van der Waals surface area contributed by atoms with E-state index < -0.39 is 5.91 Å². The molecule has 0 saturated heterocycles. The molecule has 0 radical (unpaired) electrons. The van der Waals surface area contributed by atoms with Crippen molar-refractivity contribution in [3.8, 4) is 0 Å². The lowest BCUT2D eigenvalue weighted by Crippen LogP contribution is -2.46. The van der Waals surface area contributed by atoms with Crippen LogP contribution in [0.4, 0.5) is 0 Å². The Kier molecular flexibility index (Phi) is 7.20. The van der Waals surface area contributed by atoms with E-state index in [9.17, 15) is 14.4 Å². The maximum atomic E-state index is 12.3. The lowest BCUT2D eigenvalue weighted by atomic mass is 9.92. The third kappa shape index (κ3) is 6.78. The molecule has 0 saturated carbocycles. The molecule has 1 aliphatic carbocycles. The highest BCUT2D eigenvalue weighted by Gasteiger charge is 2.18. The van der Waals surface area contributed by atoms with Gasteiger partial charge < -0.3 is 5.32 Å². The molecule has 0 aliphatic heterocycles. The zero-order chi connectivity index (χ0) is 19.2. The number of carbonyl (C=O) groups is 3. The second-order valence-electron chi connectivity index (χ2n) is 7.99. The average Bonchev–Trinajstić information content (AvgIpc) is 2.91. The van der Waals surface area contributed by atoms with Crippen LogP contribution in [0.25, 0.3) is 0 Å². The van der Waals surface area contributed by atoms with Gasteiger partial charge in [0.2, 0.25) is 5.91 Å². The van der Waals surface area contributed by atoms with E-state index in [1.54, 1.807) is 0 Å². The van der Waals surface area contributed by atoms with Gasteiger partial charge in [-0.15, -0.1) is 11.3 Å². The Hall–Kier alpha value is -1.89. The van der Waals surface area contributed by atoms with Crippen LogP contribution in [0.2, 0.25) is 0 Å². The number of amides is 3. The van der Waals surface area contributed by atoms with Crippen LogP contribution in [0.5, 0.6) is 0 Å². The fourth-order valence-corrected chi connectivity index (χ4v) is 4.06. The summed E-state index contributed by atoms with van der Waals surface area (Å²) >= 11 is 1.51. The Morgan fingerprint density at radius 3 is 2.38 bits per heavy atom. The number of thiophene rings is 1. The molecule has 1 aliphatic rings. The summed E-state index contributed by atoms with van der Waals surface area (Å²) < 4.78 is 0. The van der Waals surface area contributed by atoms with E-state index in [1.165, 1.54) is 41.0 Å². The van der Waals surface area contributed by atoms with Crippen molar-refractivity contribution >= 4 is 29.1 Å². The summed E-state index contributed by atoms with van der Waals surface area (Å²) in [7, 11) is 0. The molecule has 0 fully saturated rings. The van der Waals surface area contributed by atoms with E-state index in [0.29, 0.717) is 11.3 Å². The highest BCUT2D eigenvalue weighted by Crippen LogP contribution is 2.28. The van der Waals surface area contributed by atoms with Gasteiger partial charge in [-0.05, 0) is 42.7 Å². The third-order valence-electron chi connectivity index (χ3n) is 4.17. The summed E-state index contributed by atoms with van der Waals surface area (Å²) in [6, 6.07) is 1.94. The number of aryl methyl sites for hydroxylation is 2. The predicted octanol–water partition coefficient (Wildman–Crippen LogP) is 2.72. The molecule has 7 heteroatoms. The van der Waals surface area contributed by atoms with Crippen LogP contribution in [0.3, 0.4) is 0 Å². The van der Waals surface area contributed by atoms with Crippen molar-refractivity contribution in [1.29, 1.82) is 0 Å². The van der Waals surface area contributed by atoms with Crippen LogP contribution in [-0.2, 0) is 22.4 Å². The molecule has 0 aromatic carbocycles. The van der Waals surface area contributed by atoms with E-state index in [1.807, 2.05) is 26.8 Å². The van der Waals surface area contributed by atoms with E-state index in [0.717, 1.165) is 19.3 Å². The van der Waals surface area contributed by atoms with Crippen LogP contribution in [0.15, 0.2) is 6.07 Å². The summed E-state index contributed by atoms with van der Waals surface area (Å²) in [5, 5.41) is 2.56. The van der Waals surface area contributed by atoms with Crippen LogP contribution < -0.4 is 16.2 Å². The fraction of sp³-hybridized carbons (Fsp3) is 0.632. The molecule has 26 heavy (non-hydrogen) atoms. The van der Waals surface area contributed by atoms with Crippen LogP contribution in [-0.4, -0.2) is 24.3 Å². The molecular formula is C19H29N3O3S. The second kappa shape index (κ2) is 9.16. The largest absolute Gasteiger partial charge is 0.347 e. The van der Waals surface area contributed by atoms with Crippen molar-refractivity contribution in [2.45, 2.75) is 65.7 Å². The minimum Gasteiger partial charge on any atom is -0.347 e. The standard InChI is InChI=1S/C19H29N3O3S/c1-19(2,3)11-16(23)20-12-17(24)21-22-18(25)15-10-13-8-6-4-5-7-9-14(13)26-15/h10H,4-9,11-12H2,1-3H3,(H,20,23)(H,21,24)(H,22,25). The van der Waals surface area contributed by atoms with Crippen molar-refractivity contribution in [2.24, 2.45) is 5.41 Å². The Morgan fingerprint density at radius 1 is 1.00 bits per heavy atom. The minimum atomic E-state index is -0.449. The number of rotatable bonds is 4. The highest BCUT2D eigenvalue weighted by atomic mass is 32.1. The smallest absolute Gasteiger partial charge is 0.279 e. The molecule has 3 N–H and O–H groups in total. The first-order chi connectivity index (χ1) is 12.2. The normalized spacial score (nSPS) is 14.6. The maximum Gasteiger partial charge on any atom is 0.279 e. The molecule has 1 aromatic heterocycles. The first-order valence-electron chi connectivity index (χ1n) is 9.22. The van der Waals surface area contributed by atoms with Crippen LogP contribution in [0, 0.1) is 5.41 Å². The van der Waals surface area contributed by atoms with E-state index in [2.05, 4.69) is 16.2 Å². The van der Waals surface area contributed by atoms with Gasteiger partial charge in [-0.1, -0.05) is 33.6 Å².